The molecule has 0 aliphatic carbocycles. The second-order valence-electron chi connectivity index (χ2n) is 4.59. The predicted molar refractivity (Wildman–Crippen MR) is 69.8 cm³/mol. The normalized spacial score (nSPS) is 15.4. The number of ketones is 1. The van der Waals surface area contributed by atoms with E-state index < -0.39 is 6.03 Å². The van der Waals surface area contributed by atoms with Crippen molar-refractivity contribution in [1.82, 2.24) is 5.06 Å². The summed E-state index contributed by atoms with van der Waals surface area (Å²) in [7, 11) is 0. The molecule has 0 saturated carbocycles. The summed E-state index contributed by atoms with van der Waals surface area (Å²) in [5.41, 5.74) is 6.77. The van der Waals surface area contributed by atoms with Gasteiger partial charge in [0.15, 0.2) is 0 Å². The molecule has 0 atom stereocenters. The van der Waals surface area contributed by atoms with Crippen LogP contribution in [0.4, 0.5) is 10.5 Å². The number of amides is 2. The van der Waals surface area contributed by atoms with Gasteiger partial charge in [0.05, 0.1) is 6.54 Å². The highest BCUT2D eigenvalue weighted by atomic mass is 16.5. The van der Waals surface area contributed by atoms with Gasteiger partial charge in [-0.1, -0.05) is 12.1 Å². The molecular weight excluding hydrogens is 246 g/mol. The van der Waals surface area contributed by atoms with E-state index in [2.05, 4.69) is 4.90 Å². The summed E-state index contributed by atoms with van der Waals surface area (Å²) in [6.07, 6.45) is 1.18. The molecule has 1 saturated heterocycles. The third-order valence-electron chi connectivity index (χ3n) is 3.21. The van der Waals surface area contributed by atoms with E-state index in [-0.39, 0.29) is 6.54 Å². The number of nitrogens with zero attached hydrogens (tertiary/aromatic N) is 2. The van der Waals surface area contributed by atoms with Gasteiger partial charge in [-0.3, -0.25) is 10.0 Å². The number of primary amides is 1. The van der Waals surface area contributed by atoms with Gasteiger partial charge in [-0.2, -0.15) is 0 Å². The molecule has 3 N–H and O–H groups in total. The first-order chi connectivity index (χ1) is 9.06. The Morgan fingerprint density at radius 2 is 1.84 bits per heavy atom. The molecule has 0 radical (unpaired) electrons. The number of Topliss-reactive ketones (excluding diaryl/α,β-unsaturated/α-hetero) is 1. The standard InChI is InChI=1S/C13H17N3O3/c14-13(18)16(19)9-10-1-3-11(4-2-10)15-7-5-12(17)6-8-15/h1-4,19H,5-9H2,(H2,14,18). The summed E-state index contributed by atoms with van der Waals surface area (Å²) in [4.78, 5) is 24.0. The summed E-state index contributed by atoms with van der Waals surface area (Å²) >= 11 is 0. The van der Waals surface area contributed by atoms with Gasteiger partial charge in [0, 0.05) is 31.6 Å². The van der Waals surface area contributed by atoms with Crippen LogP contribution in [0.1, 0.15) is 18.4 Å². The van der Waals surface area contributed by atoms with Gasteiger partial charge in [-0.15, -0.1) is 0 Å². The fourth-order valence-corrected chi connectivity index (χ4v) is 2.08. The molecule has 1 fully saturated rings. The van der Waals surface area contributed by atoms with E-state index in [1.165, 1.54) is 0 Å². The SMILES string of the molecule is NC(=O)N(O)Cc1ccc(N2CCC(=O)CC2)cc1. The number of carbonyl (C=O) groups excluding carboxylic acids is 2. The maximum absolute atomic E-state index is 11.2. The zero-order chi connectivity index (χ0) is 13.8. The van der Waals surface area contributed by atoms with Crippen molar-refractivity contribution in [3.63, 3.8) is 0 Å². The number of hydrogen-bond donors (Lipinski definition) is 2. The Hall–Kier alpha value is -2.08. The molecule has 0 aromatic heterocycles. The lowest BCUT2D eigenvalue weighted by atomic mass is 10.1. The summed E-state index contributed by atoms with van der Waals surface area (Å²) in [5, 5.41) is 9.70. The Morgan fingerprint density at radius 3 is 2.37 bits per heavy atom. The molecule has 0 unspecified atom stereocenters. The molecular formula is C13H17N3O3. The number of piperidine rings is 1. The average Bonchev–Trinajstić information content (AvgIpc) is 2.40. The maximum Gasteiger partial charge on any atom is 0.338 e. The van der Waals surface area contributed by atoms with Crippen LogP contribution in [0.3, 0.4) is 0 Å². The van der Waals surface area contributed by atoms with Crippen LogP contribution in [0, 0.1) is 0 Å². The van der Waals surface area contributed by atoms with Gasteiger partial charge in [0.1, 0.15) is 5.78 Å². The Morgan fingerprint density at radius 1 is 1.26 bits per heavy atom. The van der Waals surface area contributed by atoms with Gasteiger partial charge in [-0.25, -0.2) is 9.86 Å². The minimum Gasteiger partial charge on any atom is -0.371 e. The van der Waals surface area contributed by atoms with Crippen LogP contribution in [-0.2, 0) is 11.3 Å². The Balaban J connectivity index is 1.98. The lowest BCUT2D eigenvalue weighted by Crippen LogP contribution is -2.33. The monoisotopic (exact) mass is 263 g/mol. The number of hydroxylamine groups is 2. The quantitative estimate of drug-likeness (QED) is 0.632. The lowest BCUT2D eigenvalue weighted by molar-refractivity contribution is -0.119. The Kier molecular flexibility index (Phi) is 4.01. The number of hydrogen-bond acceptors (Lipinski definition) is 4. The summed E-state index contributed by atoms with van der Waals surface area (Å²) < 4.78 is 0. The van der Waals surface area contributed by atoms with Crippen molar-refractivity contribution >= 4 is 17.5 Å². The van der Waals surface area contributed by atoms with Crippen LogP contribution >= 0.6 is 0 Å². The fourth-order valence-electron chi connectivity index (χ4n) is 2.08. The van der Waals surface area contributed by atoms with Crippen molar-refractivity contribution in [2.24, 2.45) is 5.73 Å². The lowest BCUT2D eigenvalue weighted by Gasteiger charge is -2.28. The number of benzene rings is 1. The second-order valence-corrected chi connectivity index (χ2v) is 4.59. The smallest absolute Gasteiger partial charge is 0.338 e. The number of urea groups is 1. The fraction of sp³-hybridized carbons (Fsp3) is 0.385. The van der Waals surface area contributed by atoms with Gasteiger partial charge in [0.2, 0.25) is 0 Å². The number of anilines is 1. The first-order valence-corrected chi connectivity index (χ1v) is 6.17. The van der Waals surface area contributed by atoms with E-state index in [9.17, 15) is 14.8 Å². The molecule has 2 amide bonds. The van der Waals surface area contributed by atoms with Crippen LogP contribution in [0.5, 0.6) is 0 Å². The molecule has 1 aliphatic heterocycles. The zero-order valence-electron chi connectivity index (χ0n) is 10.6. The van der Waals surface area contributed by atoms with Crippen molar-refractivity contribution in [2.75, 3.05) is 18.0 Å². The zero-order valence-corrected chi connectivity index (χ0v) is 10.6. The molecule has 6 nitrogen and oxygen atoms in total. The van der Waals surface area contributed by atoms with Crippen LogP contribution in [0.15, 0.2) is 24.3 Å². The third kappa shape index (κ3) is 3.45. The van der Waals surface area contributed by atoms with E-state index >= 15 is 0 Å². The Bertz CT molecular complexity index is 463. The highest BCUT2D eigenvalue weighted by Gasteiger charge is 2.16. The second kappa shape index (κ2) is 5.71. The first kappa shape index (κ1) is 13.4. The maximum atomic E-state index is 11.2. The van der Waals surface area contributed by atoms with Crippen molar-refractivity contribution in [2.45, 2.75) is 19.4 Å². The number of nitrogens with two attached hydrogens (primary N) is 1. The molecule has 0 spiro atoms. The van der Waals surface area contributed by atoms with Crippen LogP contribution < -0.4 is 10.6 Å². The molecule has 2 rings (SSSR count). The van der Waals surface area contributed by atoms with Crippen molar-refractivity contribution in [3.8, 4) is 0 Å². The van der Waals surface area contributed by atoms with E-state index in [1.54, 1.807) is 0 Å². The largest absolute Gasteiger partial charge is 0.371 e. The van der Waals surface area contributed by atoms with Gasteiger partial charge in [0.25, 0.3) is 0 Å². The highest BCUT2D eigenvalue weighted by molar-refractivity contribution is 5.81. The van der Waals surface area contributed by atoms with Crippen LogP contribution in [-0.4, -0.2) is 35.2 Å². The Labute approximate surface area is 111 Å². The molecule has 1 aliphatic rings. The highest BCUT2D eigenvalue weighted by Crippen LogP contribution is 2.19. The molecule has 1 aromatic rings. The molecule has 0 bridgehead atoms. The van der Waals surface area contributed by atoms with Crippen molar-refractivity contribution < 1.29 is 14.8 Å². The average molecular weight is 263 g/mol. The molecule has 102 valence electrons. The van der Waals surface area contributed by atoms with Crippen molar-refractivity contribution in [1.29, 1.82) is 0 Å². The molecule has 6 heteroatoms. The van der Waals surface area contributed by atoms with E-state index in [0.717, 1.165) is 24.3 Å². The molecule has 1 aromatic carbocycles. The van der Waals surface area contributed by atoms with Gasteiger partial charge in [-0.05, 0) is 17.7 Å². The summed E-state index contributed by atoms with van der Waals surface area (Å²) in [5.74, 6) is 0.310. The van der Waals surface area contributed by atoms with Crippen LogP contribution in [0.25, 0.3) is 0 Å². The van der Waals surface area contributed by atoms with E-state index in [0.29, 0.717) is 23.7 Å². The number of rotatable bonds is 3. The van der Waals surface area contributed by atoms with E-state index in [1.807, 2.05) is 24.3 Å². The van der Waals surface area contributed by atoms with Crippen molar-refractivity contribution in [3.05, 3.63) is 29.8 Å². The topological polar surface area (TPSA) is 86.9 Å². The van der Waals surface area contributed by atoms with Gasteiger partial charge < -0.3 is 10.6 Å². The molecule has 1 heterocycles. The summed E-state index contributed by atoms with van der Waals surface area (Å²) in [6, 6.07) is 6.62. The van der Waals surface area contributed by atoms with Crippen LogP contribution in [0.2, 0.25) is 0 Å². The predicted octanol–water partition coefficient (Wildman–Crippen LogP) is 1.13. The minimum absolute atomic E-state index is 0.0636. The third-order valence-corrected chi connectivity index (χ3v) is 3.21. The summed E-state index contributed by atoms with van der Waals surface area (Å²) in [6.45, 7) is 1.55. The number of carbonyl (C=O) groups is 2. The molecule has 19 heavy (non-hydrogen) atoms. The van der Waals surface area contributed by atoms with E-state index in [4.69, 9.17) is 5.73 Å². The first-order valence-electron chi connectivity index (χ1n) is 6.17. The van der Waals surface area contributed by atoms with Gasteiger partial charge >= 0.3 is 6.03 Å². The minimum atomic E-state index is -0.876.